The Morgan fingerprint density at radius 3 is 2.93 bits per heavy atom. The van der Waals surface area contributed by atoms with Gasteiger partial charge in [0.1, 0.15) is 11.4 Å². The first-order chi connectivity index (χ1) is 13.4. The predicted molar refractivity (Wildman–Crippen MR) is 103 cm³/mol. The summed E-state index contributed by atoms with van der Waals surface area (Å²) in [6.07, 6.45) is 4.98. The topological polar surface area (TPSA) is 71.0 Å². The quantitative estimate of drug-likeness (QED) is 0.705. The van der Waals surface area contributed by atoms with Crippen LogP contribution < -0.4 is 5.43 Å². The molecule has 2 aliphatic rings. The normalized spacial score (nSPS) is 21.0. The highest BCUT2D eigenvalue weighted by molar-refractivity contribution is 5.98. The van der Waals surface area contributed by atoms with Gasteiger partial charge in [-0.2, -0.15) is 5.10 Å². The molecule has 2 unspecified atom stereocenters. The van der Waals surface area contributed by atoms with Crippen LogP contribution in [-0.2, 0) is 13.0 Å². The van der Waals surface area contributed by atoms with Crippen molar-refractivity contribution in [2.24, 2.45) is 0 Å². The van der Waals surface area contributed by atoms with Gasteiger partial charge in [0, 0.05) is 47.9 Å². The van der Waals surface area contributed by atoms with Gasteiger partial charge < -0.3 is 9.47 Å². The Bertz CT molecular complexity index is 1180. The fraction of sp³-hybridized carbons (Fsp3) is 0.381. The van der Waals surface area contributed by atoms with Gasteiger partial charge in [-0.25, -0.2) is 4.39 Å². The van der Waals surface area contributed by atoms with Crippen molar-refractivity contribution in [1.82, 2.24) is 19.7 Å². The summed E-state index contributed by atoms with van der Waals surface area (Å²) in [6, 6.07) is 2.91. The van der Waals surface area contributed by atoms with Crippen LogP contribution in [0.5, 0.6) is 0 Å². The van der Waals surface area contributed by atoms with Crippen LogP contribution in [-0.4, -0.2) is 32.1 Å². The number of rotatable bonds is 1. The van der Waals surface area contributed by atoms with Gasteiger partial charge in [-0.15, -0.1) is 0 Å². The summed E-state index contributed by atoms with van der Waals surface area (Å²) in [6.45, 7) is 5.01. The Kier molecular flexibility index (Phi) is 3.69. The standard InChI is InChI=1S/C21H21FN4O2/c1-11-8-25(9-14-7-23-24-18(11)14)21(28)17-10-26-12(2)3-4-13-5-15(22)6-16(19(13)26)20(17)27/h5-7,10-12H,3-4,8-9H2,1-2H3,(H,23,24). The van der Waals surface area contributed by atoms with Crippen molar-refractivity contribution < 1.29 is 9.18 Å². The molecule has 3 aromatic rings. The summed E-state index contributed by atoms with van der Waals surface area (Å²) < 4.78 is 16.1. The highest BCUT2D eigenvalue weighted by Gasteiger charge is 2.30. The second kappa shape index (κ2) is 6.02. The van der Waals surface area contributed by atoms with Gasteiger partial charge >= 0.3 is 0 Å². The Morgan fingerprint density at radius 1 is 1.29 bits per heavy atom. The van der Waals surface area contributed by atoms with Gasteiger partial charge in [0.05, 0.1) is 11.7 Å². The molecule has 6 nitrogen and oxygen atoms in total. The van der Waals surface area contributed by atoms with Crippen LogP contribution >= 0.6 is 0 Å². The number of H-pyrrole nitrogens is 1. The number of carbonyl (C=O) groups excluding carboxylic acids is 1. The number of aryl methyl sites for hydroxylation is 1. The number of benzene rings is 1. The Morgan fingerprint density at radius 2 is 2.11 bits per heavy atom. The van der Waals surface area contributed by atoms with E-state index >= 15 is 0 Å². The molecule has 144 valence electrons. The van der Waals surface area contributed by atoms with Gasteiger partial charge in [0.25, 0.3) is 5.91 Å². The minimum Gasteiger partial charge on any atom is -0.343 e. The number of halogens is 1. The van der Waals surface area contributed by atoms with Gasteiger partial charge in [-0.05, 0) is 37.5 Å². The zero-order valence-electron chi connectivity index (χ0n) is 15.8. The van der Waals surface area contributed by atoms with Gasteiger partial charge in [-0.1, -0.05) is 6.92 Å². The van der Waals surface area contributed by atoms with E-state index in [0.29, 0.717) is 18.5 Å². The maximum Gasteiger partial charge on any atom is 0.259 e. The van der Waals surface area contributed by atoms with Crippen molar-refractivity contribution >= 4 is 16.8 Å². The molecule has 7 heteroatoms. The number of carbonyl (C=O) groups is 1. The van der Waals surface area contributed by atoms with Crippen LogP contribution in [0, 0.1) is 5.82 Å². The number of pyridine rings is 1. The van der Waals surface area contributed by atoms with E-state index in [-0.39, 0.29) is 23.4 Å². The highest BCUT2D eigenvalue weighted by Crippen LogP contribution is 2.31. The van der Waals surface area contributed by atoms with Crippen molar-refractivity contribution in [3.63, 3.8) is 0 Å². The van der Waals surface area contributed by atoms with E-state index in [2.05, 4.69) is 17.1 Å². The average molecular weight is 380 g/mol. The van der Waals surface area contributed by atoms with Crippen molar-refractivity contribution in [2.45, 2.75) is 45.2 Å². The van der Waals surface area contributed by atoms with E-state index < -0.39 is 11.2 Å². The Balaban J connectivity index is 1.65. The fourth-order valence-electron chi connectivity index (χ4n) is 4.63. The molecule has 1 amide bonds. The van der Waals surface area contributed by atoms with Crippen molar-refractivity contribution in [3.05, 3.63) is 63.0 Å². The minimum absolute atomic E-state index is 0.108. The minimum atomic E-state index is -0.431. The number of nitrogens with one attached hydrogen (secondary N) is 1. The van der Waals surface area contributed by atoms with E-state index in [1.165, 1.54) is 12.1 Å². The summed E-state index contributed by atoms with van der Waals surface area (Å²) in [4.78, 5) is 28.1. The molecule has 0 fully saturated rings. The fourth-order valence-corrected chi connectivity index (χ4v) is 4.63. The molecule has 0 spiro atoms. The number of amides is 1. The SMILES string of the molecule is CC1CN(C(=O)c2cn3c4c(cc(F)cc4c2=O)CCC3C)Cc2cn[nH]c21. The van der Waals surface area contributed by atoms with Crippen LogP contribution in [0.4, 0.5) is 4.39 Å². The third-order valence-electron chi connectivity index (χ3n) is 6.09. The number of hydrogen-bond acceptors (Lipinski definition) is 3. The first kappa shape index (κ1) is 17.2. The summed E-state index contributed by atoms with van der Waals surface area (Å²) in [7, 11) is 0. The second-order valence-corrected chi connectivity index (χ2v) is 8.02. The molecular formula is C21H21FN4O2. The molecule has 2 aliphatic heterocycles. The van der Waals surface area contributed by atoms with Crippen molar-refractivity contribution in [2.75, 3.05) is 6.54 Å². The number of aromatic amines is 1. The Hall–Kier alpha value is -2.96. The smallest absolute Gasteiger partial charge is 0.259 e. The van der Waals surface area contributed by atoms with Crippen LogP contribution in [0.25, 0.3) is 10.9 Å². The van der Waals surface area contributed by atoms with Gasteiger partial charge in [-0.3, -0.25) is 14.7 Å². The molecule has 0 aliphatic carbocycles. The first-order valence-corrected chi connectivity index (χ1v) is 9.62. The monoisotopic (exact) mass is 380 g/mol. The number of hydrogen-bond donors (Lipinski definition) is 1. The lowest BCUT2D eigenvalue weighted by molar-refractivity contribution is 0.0718. The molecule has 2 atom stereocenters. The number of fused-ring (bicyclic) bond motifs is 1. The van der Waals surface area contributed by atoms with Crippen molar-refractivity contribution in [1.29, 1.82) is 0 Å². The van der Waals surface area contributed by atoms with Crippen LogP contribution in [0.1, 0.15) is 59.4 Å². The average Bonchev–Trinajstić information content (AvgIpc) is 3.15. The van der Waals surface area contributed by atoms with E-state index in [0.717, 1.165) is 35.2 Å². The van der Waals surface area contributed by atoms with E-state index in [1.807, 2.05) is 11.5 Å². The van der Waals surface area contributed by atoms with E-state index in [1.54, 1.807) is 17.3 Å². The predicted octanol–water partition coefficient (Wildman–Crippen LogP) is 3.13. The van der Waals surface area contributed by atoms with Gasteiger partial charge in [0.2, 0.25) is 5.43 Å². The van der Waals surface area contributed by atoms with Crippen LogP contribution in [0.2, 0.25) is 0 Å². The van der Waals surface area contributed by atoms with Gasteiger partial charge in [0.15, 0.2) is 0 Å². The maximum atomic E-state index is 14.1. The molecular weight excluding hydrogens is 359 g/mol. The molecule has 4 heterocycles. The highest BCUT2D eigenvalue weighted by atomic mass is 19.1. The molecule has 0 saturated heterocycles. The molecule has 1 N–H and O–H groups in total. The molecule has 5 rings (SSSR count). The lowest BCUT2D eigenvalue weighted by Gasteiger charge is -2.31. The lowest BCUT2D eigenvalue weighted by atomic mass is 9.95. The third-order valence-corrected chi connectivity index (χ3v) is 6.09. The maximum absolute atomic E-state index is 14.1. The molecule has 1 aromatic carbocycles. The largest absolute Gasteiger partial charge is 0.343 e. The van der Waals surface area contributed by atoms with E-state index in [4.69, 9.17) is 0 Å². The number of nitrogens with zero attached hydrogens (tertiary/aromatic N) is 3. The number of aromatic nitrogens is 3. The van der Waals surface area contributed by atoms with E-state index in [9.17, 15) is 14.0 Å². The summed E-state index contributed by atoms with van der Waals surface area (Å²) >= 11 is 0. The van der Waals surface area contributed by atoms with Crippen LogP contribution in [0.3, 0.4) is 0 Å². The second-order valence-electron chi connectivity index (χ2n) is 8.02. The Labute approximate surface area is 161 Å². The molecule has 0 radical (unpaired) electrons. The molecule has 2 aromatic heterocycles. The summed E-state index contributed by atoms with van der Waals surface area (Å²) in [5.41, 5.74) is 3.31. The summed E-state index contributed by atoms with van der Waals surface area (Å²) in [5, 5.41) is 7.36. The zero-order chi connectivity index (χ0) is 19.6. The lowest BCUT2D eigenvalue weighted by Crippen LogP contribution is -2.40. The van der Waals surface area contributed by atoms with Crippen LogP contribution in [0.15, 0.2) is 29.3 Å². The first-order valence-electron chi connectivity index (χ1n) is 9.62. The molecule has 28 heavy (non-hydrogen) atoms. The third kappa shape index (κ3) is 2.42. The summed E-state index contributed by atoms with van der Waals surface area (Å²) in [5.74, 6) is -0.627. The molecule has 0 saturated carbocycles. The molecule has 0 bridgehead atoms. The zero-order valence-corrected chi connectivity index (χ0v) is 15.8. The van der Waals surface area contributed by atoms with Crippen molar-refractivity contribution in [3.8, 4) is 0 Å².